The van der Waals surface area contributed by atoms with Crippen LogP contribution >= 0.6 is 0 Å². The Balaban J connectivity index is 3.87. The molecule has 2 nitrogen and oxygen atoms in total. The van der Waals surface area contributed by atoms with Gasteiger partial charge in [0.05, 0.1) is 0 Å². The van der Waals surface area contributed by atoms with Crippen LogP contribution in [0.5, 0.6) is 0 Å². The summed E-state index contributed by atoms with van der Waals surface area (Å²) in [5.74, 6) is 0. The van der Waals surface area contributed by atoms with E-state index in [9.17, 15) is 0 Å². The van der Waals surface area contributed by atoms with Gasteiger partial charge >= 0.3 is 0 Å². The van der Waals surface area contributed by atoms with Crippen LogP contribution in [0, 0.1) is 0 Å². The number of allylic oxidation sites excluding steroid dienone is 5. The molecule has 0 heterocycles. The molecule has 0 aromatic carbocycles. The largest absolute Gasteiger partial charge is 0.349 e. The Morgan fingerprint density at radius 1 is 0.929 bits per heavy atom. The fourth-order valence-corrected chi connectivity index (χ4v) is 0.882. The minimum atomic E-state index is -0.222. The molecule has 0 N–H and O–H groups in total. The van der Waals surface area contributed by atoms with Gasteiger partial charge in [-0.1, -0.05) is 30.4 Å². The van der Waals surface area contributed by atoms with E-state index in [0.717, 1.165) is 0 Å². The van der Waals surface area contributed by atoms with Crippen LogP contribution in [0.4, 0.5) is 0 Å². The van der Waals surface area contributed by atoms with E-state index in [2.05, 4.69) is 0 Å². The summed E-state index contributed by atoms with van der Waals surface area (Å²) in [6, 6.07) is 0. The molecule has 2 heteroatoms. The van der Waals surface area contributed by atoms with Gasteiger partial charge in [-0.05, 0) is 26.8 Å². The average Bonchev–Trinajstić information content (AvgIpc) is 2.18. The van der Waals surface area contributed by atoms with Gasteiger partial charge in [0.25, 0.3) is 0 Å². The highest BCUT2D eigenvalue weighted by Gasteiger charge is 1.99. The quantitative estimate of drug-likeness (QED) is 0.460. The van der Waals surface area contributed by atoms with Crippen LogP contribution in [0.25, 0.3) is 0 Å². The molecule has 0 spiro atoms. The number of ether oxygens (including phenoxy) is 2. The molecule has 0 aliphatic carbocycles. The van der Waals surface area contributed by atoms with E-state index < -0.39 is 0 Å². The van der Waals surface area contributed by atoms with Gasteiger partial charge in [-0.15, -0.1) is 0 Å². The summed E-state index contributed by atoms with van der Waals surface area (Å²) in [5.41, 5.74) is 0. The molecule has 14 heavy (non-hydrogen) atoms. The van der Waals surface area contributed by atoms with E-state index >= 15 is 0 Å². The maximum absolute atomic E-state index is 5.33. The lowest BCUT2D eigenvalue weighted by atomic mass is 10.4. The Hall–Kier alpha value is -0.860. The first-order valence-electron chi connectivity index (χ1n) is 5.04. The van der Waals surface area contributed by atoms with Gasteiger partial charge in [-0.2, -0.15) is 0 Å². The molecule has 0 aliphatic rings. The lowest BCUT2D eigenvalue weighted by Crippen LogP contribution is -2.13. The summed E-state index contributed by atoms with van der Waals surface area (Å²) in [5, 5.41) is 0. The summed E-state index contributed by atoms with van der Waals surface area (Å²) in [6.07, 6.45) is 11.5. The minimum absolute atomic E-state index is 0.222. The molecular weight excluding hydrogens is 176 g/mol. The average molecular weight is 196 g/mol. The second kappa shape index (κ2) is 10.2. The van der Waals surface area contributed by atoms with Gasteiger partial charge in [0.2, 0.25) is 0 Å². The summed E-state index contributed by atoms with van der Waals surface area (Å²) in [7, 11) is 0. The molecule has 0 amide bonds. The van der Waals surface area contributed by atoms with Gasteiger partial charge in [-0.25, -0.2) is 0 Å². The minimum Gasteiger partial charge on any atom is -0.349 e. The van der Waals surface area contributed by atoms with Gasteiger partial charge < -0.3 is 9.47 Å². The molecular formula is C12H20O2. The number of rotatable bonds is 7. The molecule has 0 bridgehead atoms. The van der Waals surface area contributed by atoms with Crippen LogP contribution in [0.3, 0.4) is 0 Å². The van der Waals surface area contributed by atoms with Crippen molar-refractivity contribution in [2.45, 2.75) is 27.1 Å². The van der Waals surface area contributed by atoms with Crippen molar-refractivity contribution in [1.82, 2.24) is 0 Å². The van der Waals surface area contributed by atoms with Crippen LogP contribution in [-0.4, -0.2) is 19.5 Å². The summed E-state index contributed by atoms with van der Waals surface area (Å²) in [6.45, 7) is 7.21. The zero-order valence-electron chi connectivity index (χ0n) is 9.27. The van der Waals surface area contributed by atoms with E-state index in [-0.39, 0.29) is 6.29 Å². The third-order valence-corrected chi connectivity index (χ3v) is 1.46. The normalized spacial score (nSPS) is 12.9. The molecule has 80 valence electrons. The number of hydrogen-bond donors (Lipinski definition) is 0. The summed E-state index contributed by atoms with van der Waals surface area (Å²) in [4.78, 5) is 0. The fraction of sp³-hybridized carbons (Fsp3) is 0.500. The standard InChI is InChI=1S/C12H20O2/c1-4-7-8-9-10-11-12(13-5-2)14-6-3/h4,7-12H,5-6H2,1-3H3/b7-4+,9-8+,11-10+. The third-order valence-electron chi connectivity index (χ3n) is 1.46. The van der Waals surface area contributed by atoms with Gasteiger partial charge in [-0.3, -0.25) is 0 Å². The summed E-state index contributed by atoms with van der Waals surface area (Å²) >= 11 is 0. The van der Waals surface area contributed by atoms with E-state index in [1.54, 1.807) is 0 Å². The van der Waals surface area contributed by atoms with Crippen molar-refractivity contribution in [3.05, 3.63) is 36.5 Å². The molecule has 0 saturated carbocycles. The van der Waals surface area contributed by atoms with Crippen LogP contribution < -0.4 is 0 Å². The van der Waals surface area contributed by atoms with Gasteiger partial charge in [0, 0.05) is 13.2 Å². The maximum atomic E-state index is 5.33. The fourth-order valence-electron chi connectivity index (χ4n) is 0.882. The molecule has 0 radical (unpaired) electrons. The second-order valence-electron chi connectivity index (χ2n) is 2.57. The van der Waals surface area contributed by atoms with E-state index in [4.69, 9.17) is 9.47 Å². The molecule has 0 aliphatic heterocycles. The predicted molar refractivity (Wildman–Crippen MR) is 60.1 cm³/mol. The number of hydrogen-bond acceptors (Lipinski definition) is 2. The second-order valence-corrected chi connectivity index (χ2v) is 2.57. The van der Waals surface area contributed by atoms with Crippen molar-refractivity contribution in [2.24, 2.45) is 0 Å². The summed E-state index contributed by atoms with van der Waals surface area (Å²) < 4.78 is 10.7. The Morgan fingerprint density at radius 2 is 1.50 bits per heavy atom. The van der Waals surface area contributed by atoms with Gasteiger partial charge in [0.15, 0.2) is 6.29 Å². The van der Waals surface area contributed by atoms with Crippen molar-refractivity contribution in [1.29, 1.82) is 0 Å². The first kappa shape index (κ1) is 13.1. The first-order chi connectivity index (χ1) is 6.85. The van der Waals surface area contributed by atoms with Crippen molar-refractivity contribution >= 4 is 0 Å². The third kappa shape index (κ3) is 7.77. The van der Waals surface area contributed by atoms with E-state index in [0.29, 0.717) is 13.2 Å². The molecule has 0 unspecified atom stereocenters. The zero-order valence-corrected chi connectivity index (χ0v) is 9.27. The molecule has 0 saturated heterocycles. The molecule has 0 atom stereocenters. The molecule has 0 aromatic heterocycles. The monoisotopic (exact) mass is 196 g/mol. The molecule has 0 aromatic rings. The molecule has 0 rings (SSSR count). The van der Waals surface area contributed by atoms with Crippen LogP contribution in [0.2, 0.25) is 0 Å². The van der Waals surface area contributed by atoms with E-state index in [1.165, 1.54) is 0 Å². The van der Waals surface area contributed by atoms with E-state index in [1.807, 2.05) is 57.2 Å². The van der Waals surface area contributed by atoms with Crippen molar-refractivity contribution in [3.8, 4) is 0 Å². The Morgan fingerprint density at radius 3 is 2.00 bits per heavy atom. The van der Waals surface area contributed by atoms with Crippen molar-refractivity contribution in [3.63, 3.8) is 0 Å². The Kier molecular flexibility index (Phi) is 9.59. The topological polar surface area (TPSA) is 18.5 Å². The Bertz CT molecular complexity index is 186. The Labute approximate surface area is 86.9 Å². The lowest BCUT2D eigenvalue weighted by molar-refractivity contribution is -0.103. The lowest BCUT2D eigenvalue weighted by Gasteiger charge is -2.11. The molecule has 0 fully saturated rings. The van der Waals surface area contributed by atoms with Crippen molar-refractivity contribution in [2.75, 3.05) is 13.2 Å². The van der Waals surface area contributed by atoms with Crippen LogP contribution in [0.15, 0.2) is 36.5 Å². The highest BCUT2D eigenvalue weighted by Crippen LogP contribution is 1.97. The van der Waals surface area contributed by atoms with Crippen molar-refractivity contribution < 1.29 is 9.47 Å². The highest BCUT2D eigenvalue weighted by atomic mass is 16.7. The smallest absolute Gasteiger partial charge is 0.177 e. The van der Waals surface area contributed by atoms with Crippen LogP contribution in [0.1, 0.15) is 20.8 Å². The van der Waals surface area contributed by atoms with Crippen LogP contribution in [-0.2, 0) is 9.47 Å². The maximum Gasteiger partial charge on any atom is 0.177 e. The van der Waals surface area contributed by atoms with Gasteiger partial charge in [0.1, 0.15) is 0 Å². The SMILES string of the molecule is C/C=C/C=C/C=C/C(OCC)OCC. The zero-order chi connectivity index (χ0) is 10.6. The first-order valence-corrected chi connectivity index (χ1v) is 5.04. The highest BCUT2D eigenvalue weighted by molar-refractivity contribution is 5.11. The predicted octanol–water partition coefficient (Wildman–Crippen LogP) is 3.07.